The van der Waals surface area contributed by atoms with Gasteiger partial charge in [0.05, 0.1) is 24.2 Å². The van der Waals surface area contributed by atoms with Crippen molar-refractivity contribution in [2.75, 3.05) is 19.7 Å². The fourth-order valence-corrected chi connectivity index (χ4v) is 3.87. The van der Waals surface area contributed by atoms with Gasteiger partial charge in [0.1, 0.15) is 11.6 Å². The van der Waals surface area contributed by atoms with Crippen LogP contribution >= 0.6 is 11.6 Å². The number of benzene rings is 2. The van der Waals surface area contributed by atoms with E-state index in [1.54, 1.807) is 0 Å². The topological polar surface area (TPSA) is 30.3 Å². The van der Waals surface area contributed by atoms with Crippen molar-refractivity contribution in [3.63, 3.8) is 0 Å². The monoisotopic (exact) mass is 383 g/mol. The molecule has 1 aliphatic rings. The lowest BCUT2D eigenvalue weighted by atomic mass is 10.2. The van der Waals surface area contributed by atoms with Gasteiger partial charge in [-0.25, -0.2) is 4.98 Å². The third-order valence-corrected chi connectivity index (χ3v) is 5.65. The normalized spacial score (nSPS) is 14.9. The summed E-state index contributed by atoms with van der Waals surface area (Å²) in [5.41, 5.74) is 3.35. The molecule has 0 N–H and O–H groups in total. The average molecular weight is 384 g/mol. The quantitative estimate of drug-likeness (QED) is 0.534. The molecule has 142 valence electrons. The molecule has 4 rings (SSSR count). The van der Waals surface area contributed by atoms with Crippen LogP contribution in [0.1, 0.15) is 30.7 Å². The number of ether oxygens (including phenoxy) is 1. The molecule has 27 heavy (non-hydrogen) atoms. The minimum atomic E-state index is 0.677. The molecule has 1 aromatic heterocycles. The summed E-state index contributed by atoms with van der Waals surface area (Å²) in [5.74, 6) is 2.05. The van der Waals surface area contributed by atoms with Crippen LogP contribution in [-0.2, 0) is 13.1 Å². The van der Waals surface area contributed by atoms with Crippen LogP contribution in [0, 0.1) is 6.92 Å². The molecule has 1 saturated heterocycles. The number of nitrogens with zero attached hydrogens (tertiary/aromatic N) is 3. The highest BCUT2D eigenvalue weighted by atomic mass is 35.5. The molecule has 0 radical (unpaired) electrons. The van der Waals surface area contributed by atoms with E-state index in [2.05, 4.69) is 33.7 Å². The Labute approximate surface area is 165 Å². The number of aryl methyl sites for hydroxylation is 2. The van der Waals surface area contributed by atoms with Crippen LogP contribution in [0.4, 0.5) is 0 Å². The molecule has 2 heterocycles. The molecule has 5 heteroatoms. The summed E-state index contributed by atoms with van der Waals surface area (Å²) in [6, 6.07) is 14.2. The third-order valence-electron chi connectivity index (χ3n) is 5.22. The number of aromatic nitrogens is 2. The van der Waals surface area contributed by atoms with E-state index in [0.717, 1.165) is 41.4 Å². The Balaban J connectivity index is 1.43. The second-order valence-corrected chi connectivity index (χ2v) is 7.67. The molecule has 4 nitrogen and oxygen atoms in total. The highest BCUT2D eigenvalue weighted by Crippen LogP contribution is 2.22. The molecule has 0 bridgehead atoms. The maximum absolute atomic E-state index is 6.08. The molecule has 0 unspecified atom stereocenters. The zero-order valence-corrected chi connectivity index (χ0v) is 16.6. The van der Waals surface area contributed by atoms with E-state index in [9.17, 15) is 0 Å². The zero-order valence-electron chi connectivity index (χ0n) is 15.8. The third kappa shape index (κ3) is 4.28. The van der Waals surface area contributed by atoms with Crippen molar-refractivity contribution in [2.45, 2.75) is 39.3 Å². The van der Waals surface area contributed by atoms with Gasteiger partial charge < -0.3 is 9.30 Å². The van der Waals surface area contributed by atoms with Crippen LogP contribution in [0.15, 0.2) is 42.5 Å². The standard InChI is InChI=1S/C22H26ClN3O/c1-17-15-18(9-10-19(17)23)27-14-6-13-26-21-8-3-2-7-20(21)24-22(26)16-25-11-4-5-12-25/h2-3,7-10,15H,4-6,11-14,16H2,1H3. The highest BCUT2D eigenvalue weighted by molar-refractivity contribution is 6.31. The maximum atomic E-state index is 6.08. The number of rotatable bonds is 7. The predicted octanol–water partition coefficient (Wildman–Crippen LogP) is 5.06. The number of halogens is 1. The van der Waals surface area contributed by atoms with Gasteiger partial charge in [0.2, 0.25) is 0 Å². The molecule has 0 amide bonds. The van der Waals surface area contributed by atoms with Gasteiger partial charge in [0.25, 0.3) is 0 Å². The first-order valence-electron chi connectivity index (χ1n) is 9.76. The Kier molecular flexibility index (Phi) is 5.65. The van der Waals surface area contributed by atoms with E-state index >= 15 is 0 Å². The summed E-state index contributed by atoms with van der Waals surface area (Å²) >= 11 is 6.08. The first kappa shape index (κ1) is 18.3. The SMILES string of the molecule is Cc1cc(OCCCn2c(CN3CCCC3)nc3ccccc32)ccc1Cl. The molecule has 0 aliphatic carbocycles. The van der Waals surface area contributed by atoms with Gasteiger partial charge >= 0.3 is 0 Å². The summed E-state index contributed by atoms with van der Waals surface area (Å²) in [6.07, 6.45) is 3.54. The van der Waals surface area contributed by atoms with Gasteiger partial charge in [-0.3, -0.25) is 4.90 Å². The Bertz CT molecular complexity index is 915. The van der Waals surface area contributed by atoms with E-state index in [0.29, 0.717) is 6.61 Å². The maximum Gasteiger partial charge on any atom is 0.124 e. The Morgan fingerprint density at radius 3 is 2.74 bits per heavy atom. The van der Waals surface area contributed by atoms with Crippen LogP contribution in [0.5, 0.6) is 5.75 Å². The van der Waals surface area contributed by atoms with Crippen LogP contribution in [0.2, 0.25) is 5.02 Å². The summed E-state index contributed by atoms with van der Waals surface area (Å²) in [4.78, 5) is 7.40. The fraction of sp³-hybridized carbons (Fsp3) is 0.409. The molecule has 2 aromatic carbocycles. The van der Waals surface area contributed by atoms with Crippen molar-refractivity contribution in [2.24, 2.45) is 0 Å². The van der Waals surface area contributed by atoms with Gasteiger partial charge in [0, 0.05) is 11.6 Å². The highest BCUT2D eigenvalue weighted by Gasteiger charge is 2.17. The average Bonchev–Trinajstić information content (AvgIpc) is 3.30. The Morgan fingerprint density at radius 2 is 1.93 bits per heavy atom. The van der Waals surface area contributed by atoms with Crippen molar-refractivity contribution in [1.29, 1.82) is 0 Å². The summed E-state index contributed by atoms with van der Waals surface area (Å²) in [5, 5.41) is 0.777. The molecule has 0 saturated carbocycles. The fourth-order valence-electron chi connectivity index (χ4n) is 3.76. The van der Waals surface area contributed by atoms with Crippen LogP contribution < -0.4 is 4.74 Å². The van der Waals surface area contributed by atoms with Gasteiger partial charge in [-0.2, -0.15) is 0 Å². The Hall–Kier alpha value is -2.04. The minimum Gasteiger partial charge on any atom is -0.494 e. The first-order chi connectivity index (χ1) is 13.2. The van der Waals surface area contributed by atoms with Crippen molar-refractivity contribution in [3.05, 3.63) is 58.9 Å². The van der Waals surface area contributed by atoms with E-state index in [-0.39, 0.29) is 0 Å². The van der Waals surface area contributed by atoms with Crippen molar-refractivity contribution >= 4 is 22.6 Å². The van der Waals surface area contributed by atoms with Crippen molar-refractivity contribution in [3.8, 4) is 5.75 Å². The van der Waals surface area contributed by atoms with E-state index in [1.165, 1.54) is 37.3 Å². The largest absolute Gasteiger partial charge is 0.494 e. The molecule has 1 fully saturated rings. The number of fused-ring (bicyclic) bond motifs is 1. The summed E-state index contributed by atoms with van der Waals surface area (Å²) in [7, 11) is 0. The van der Waals surface area contributed by atoms with Gasteiger partial charge in [-0.15, -0.1) is 0 Å². The van der Waals surface area contributed by atoms with E-state index in [4.69, 9.17) is 21.3 Å². The van der Waals surface area contributed by atoms with E-state index in [1.807, 2.05) is 25.1 Å². The number of para-hydroxylation sites is 2. The lowest BCUT2D eigenvalue weighted by Crippen LogP contribution is -2.21. The lowest BCUT2D eigenvalue weighted by Gasteiger charge is -2.16. The molecular weight excluding hydrogens is 358 g/mol. The predicted molar refractivity (Wildman–Crippen MR) is 111 cm³/mol. The molecular formula is C22H26ClN3O. The van der Waals surface area contributed by atoms with E-state index < -0.39 is 0 Å². The second kappa shape index (κ2) is 8.32. The lowest BCUT2D eigenvalue weighted by molar-refractivity contribution is 0.294. The molecule has 0 spiro atoms. The first-order valence-corrected chi connectivity index (χ1v) is 10.1. The van der Waals surface area contributed by atoms with Gasteiger partial charge in [0.15, 0.2) is 0 Å². The van der Waals surface area contributed by atoms with Crippen LogP contribution in [0.25, 0.3) is 11.0 Å². The van der Waals surface area contributed by atoms with Gasteiger partial charge in [-0.1, -0.05) is 23.7 Å². The Morgan fingerprint density at radius 1 is 1.11 bits per heavy atom. The summed E-state index contributed by atoms with van der Waals surface area (Å²) < 4.78 is 8.29. The van der Waals surface area contributed by atoms with Crippen LogP contribution in [-0.4, -0.2) is 34.1 Å². The van der Waals surface area contributed by atoms with Gasteiger partial charge in [-0.05, 0) is 75.2 Å². The van der Waals surface area contributed by atoms with Crippen LogP contribution in [0.3, 0.4) is 0 Å². The zero-order chi connectivity index (χ0) is 18.6. The van der Waals surface area contributed by atoms with Crippen molar-refractivity contribution in [1.82, 2.24) is 14.5 Å². The smallest absolute Gasteiger partial charge is 0.124 e. The minimum absolute atomic E-state index is 0.677. The second-order valence-electron chi connectivity index (χ2n) is 7.26. The summed E-state index contributed by atoms with van der Waals surface area (Å²) in [6.45, 7) is 6.89. The molecule has 3 aromatic rings. The number of hydrogen-bond acceptors (Lipinski definition) is 3. The molecule has 0 atom stereocenters. The molecule has 1 aliphatic heterocycles. The number of hydrogen-bond donors (Lipinski definition) is 0. The number of likely N-dealkylation sites (tertiary alicyclic amines) is 1. The number of imidazole rings is 1. The van der Waals surface area contributed by atoms with Crippen molar-refractivity contribution < 1.29 is 4.74 Å².